The molecule has 0 aliphatic carbocycles. The van der Waals surface area contributed by atoms with Crippen LogP contribution in [0.2, 0.25) is 0 Å². The highest BCUT2D eigenvalue weighted by Gasteiger charge is 2.39. The summed E-state index contributed by atoms with van der Waals surface area (Å²) >= 11 is 0. The van der Waals surface area contributed by atoms with E-state index in [0.717, 1.165) is 31.8 Å². The highest BCUT2D eigenvalue weighted by Crippen LogP contribution is 2.36. The van der Waals surface area contributed by atoms with Gasteiger partial charge in [-0.2, -0.15) is 0 Å². The van der Waals surface area contributed by atoms with E-state index in [1.54, 1.807) is 0 Å². The van der Waals surface area contributed by atoms with Crippen molar-refractivity contribution in [1.82, 2.24) is 10.2 Å². The Kier molecular flexibility index (Phi) is 6.04. The van der Waals surface area contributed by atoms with Crippen molar-refractivity contribution in [2.45, 2.75) is 39.2 Å². The van der Waals surface area contributed by atoms with E-state index in [1.807, 2.05) is 13.0 Å². The number of hydrogen-bond acceptors (Lipinski definition) is 3. The highest BCUT2D eigenvalue weighted by atomic mass is 16.2. The van der Waals surface area contributed by atoms with E-state index >= 15 is 0 Å². The predicted molar refractivity (Wildman–Crippen MR) is 109 cm³/mol. The molecule has 2 aromatic carbocycles. The van der Waals surface area contributed by atoms with Crippen LogP contribution < -0.4 is 5.32 Å². The molecule has 1 amide bonds. The van der Waals surface area contributed by atoms with Crippen molar-refractivity contribution in [2.24, 2.45) is 4.99 Å². The van der Waals surface area contributed by atoms with Crippen LogP contribution in [0.3, 0.4) is 0 Å². The summed E-state index contributed by atoms with van der Waals surface area (Å²) in [6.45, 7) is 10.2. The van der Waals surface area contributed by atoms with Crippen LogP contribution in [0.4, 0.5) is 0 Å². The average molecular weight is 351 g/mol. The number of rotatable bonds is 8. The third kappa shape index (κ3) is 3.80. The zero-order valence-corrected chi connectivity index (χ0v) is 16.0. The number of aliphatic imine (C=N–C) groups is 1. The van der Waals surface area contributed by atoms with E-state index in [4.69, 9.17) is 0 Å². The standard InChI is InChI=1S/C22H29N3O/c1-4-25(5-2)15-9-14-23-22(26)21-20(16(3)24-21)19-13-8-11-17-10-6-7-12-18(17)19/h6-8,10-13,20-21H,4-5,9,14-15H2,1-3H3,(H,23,26). The molecule has 4 nitrogen and oxygen atoms in total. The first-order valence-electron chi connectivity index (χ1n) is 9.67. The van der Waals surface area contributed by atoms with E-state index in [-0.39, 0.29) is 17.9 Å². The zero-order chi connectivity index (χ0) is 18.5. The van der Waals surface area contributed by atoms with Gasteiger partial charge in [-0.1, -0.05) is 56.3 Å². The van der Waals surface area contributed by atoms with E-state index in [9.17, 15) is 4.79 Å². The lowest BCUT2D eigenvalue weighted by Crippen LogP contribution is -2.46. The molecule has 1 aliphatic heterocycles. The number of hydrogen-bond donors (Lipinski definition) is 1. The zero-order valence-electron chi connectivity index (χ0n) is 16.0. The Morgan fingerprint density at radius 2 is 1.85 bits per heavy atom. The van der Waals surface area contributed by atoms with Gasteiger partial charge in [0, 0.05) is 12.3 Å². The average Bonchev–Trinajstić information content (AvgIpc) is 2.66. The Hall–Kier alpha value is -2.20. The van der Waals surface area contributed by atoms with Gasteiger partial charge in [0.2, 0.25) is 5.91 Å². The molecule has 0 spiro atoms. The fourth-order valence-electron chi connectivity index (χ4n) is 3.81. The maximum absolute atomic E-state index is 12.6. The number of fused-ring (bicyclic) bond motifs is 1. The fraction of sp³-hybridized carbons (Fsp3) is 0.455. The number of amides is 1. The van der Waals surface area contributed by atoms with Crippen molar-refractivity contribution in [2.75, 3.05) is 26.2 Å². The third-order valence-corrected chi connectivity index (χ3v) is 5.38. The lowest BCUT2D eigenvalue weighted by Gasteiger charge is -2.33. The number of benzene rings is 2. The minimum atomic E-state index is -0.297. The summed E-state index contributed by atoms with van der Waals surface area (Å²) in [6, 6.07) is 14.4. The predicted octanol–water partition coefficient (Wildman–Crippen LogP) is 3.61. The highest BCUT2D eigenvalue weighted by molar-refractivity contribution is 6.06. The van der Waals surface area contributed by atoms with Crippen molar-refractivity contribution in [3.05, 3.63) is 48.0 Å². The van der Waals surface area contributed by atoms with Gasteiger partial charge >= 0.3 is 0 Å². The SMILES string of the molecule is CCN(CC)CCCNC(=O)C1N=C(C)C1c1cccc2ccccc12. The summed E-state index contributed by atoms with van der Waals surface area (Å²) in [7, 11) is 0. The van der Waals surface area contributed by atoms with Crippen LogP contribution in [0, 0.1) is 0 Å². The lowest BCUT2D eigenvalue weighted by atomic mass is 9.80. The molecule has 4 heteroatoms. The van der Waals surface area contributed by atoms with E-state index in [0.29, 0.717) is 6.54 Å². The van der Waals surface area contributed by atoms with Crippen LogP contribution in [0.25, 0.3) is 10.8 Å². The topological polar surface area (TPSA) is 44.7 Å². The summed E-state index contributed by atoms with van der Waals surface area (Å²) < 4.78 is 0. The Bertz CT molecular complexity index is 790. The van der Waals surface area contributed by atoms with Crippen LogP contribution >= 0.6 is 0 Å². The number of nitrogens with zero attached hydrogens (tertiary/aromatic N) is 2. The molecule has 26 heavy (non-hydrogen) atoms. The number of carbonyl (C=O) groups excluding carboxylic acids is 1. The molecule has 0 saturated heterocycles. The van der Waals surface area contributed by atoms with Crippen molar-refractivity contribution in [1.29, 1.82) is 0 Å². The maximum Gasteiger partial charge on any atom is 0.245 e. The quantitative estimate of drug-likeness (QED) is 0.738. The summed E-state index contributed by atoms with van der Waals surface area (Å²) in [6.07, 6.45) is 0.974. The number of nitrogens with one attached hydrogen (secondary N) is 1. The molecule has 2 unspecified atom stereocenters. The molecule has 0 fully saturated rings. The molecule has 1 N–H and O–H groups in total. The second-order valence-electron chi connectivity index (χ2n) is 6.93. The van der Waals surface area contributed by atoms with Crippen molar-refractivity contribution in [3.8, 4) is 0 Å². The smallest absolute Gasteiger partial charge is 0.245 e. The Balaban J connectivity index is 1.65. The molecule has 1 aliphatic rings. The molecule has 3 rings (SSSR count). The molecule has 0 radical (unpaired) electrons. The molecular formula is C22H29N3O. The largest absolute Gasteiger partial charge is 0.354 e. The lowest BCUT2D eigenvalue weighted by molar-refractivity contribution is -0.122. The normalized spacial score (nSPS) is 19.3. The van der Waals surface area contributed by atoms with Crippen LogP contribution in [-0.4, -0.2) is 48.7 Å². The van der Waals surface area contributed by atoms with Crippen molar-refractivity contribution in [3.63, 3.8) is 0 Å². The van der Waals surface area contributed by atoms with E-state index < -0.39 is 0 Å². The monoisotopic (exact) mass is 351 g/mol. The summed E-state index contributed by atoms with van der Waals surface area (Å²) in [5.41, 5.74) is 2.25. The second-order valence-corrected chi connectivity index (χ2v) is 6.93. The fourth-order valence-corrected chi connectivity index (χ4v) is 3.81. The van der Waals surface area contributed by atoms with Gasteiger partial charge in [-0.25, -0.2) is 0 Å². The first-order valence-corrected chi connectivity index (χ1v) is 9.67. The van der Waals surface area contributed by atoms with Gasteiger partial charge in [0.05, 0.1) is 5.92 Å². The molecule has 1 heterocycles. The van der Waals surface area contributed by atoms with Gasteiger partial charge in [0.25, 0.3) is 0 Å². The second kappa shape index (κ2) is 8.45. The molecular weight excluding hydrogens is 322 g/mol. The molecule has 2 aromatic rings. The van der Waals surface area contributed by atoms with Crippen LogP contribution in [-0.2, 0) is 4.79 Å². The first kappa shape index (κ1) is 18.6. The maximum atomic E-state index is 12.6. The Labute approximate surface area is 156 Å². The molecule has 138 valence electrons. The minimum absolute atomic E-state index is 0.0491. The van der Waals surface area contributed by atoms with Gasteiger partial charge in [-0.05, 0) is 49.3 Å². The first-order chi connectivity index (χ1) is 12.7. The van der Waals surface area contributed by atoms with Crippen molar-refractivity contribution >= 4 is 22.4 Å². The van der Waals surface area contributed by atoms with Gasteiger partial charge in [-0.15, -0.1) is 0 Å². The molecule has 0 aromatic heterocycles. The minimum Gasteiger partial charge on any atom is -0.354 e. The van der Waals surface area contributed by atoms with Crippen LogP contribution in [0.1, 0.15) is 38.7 Å². The Morgan fingerprint density at radius 1 is 1.12 bits per heavy atom. The summed E-state index contributed by atoms with van der Waals surface area (Å²) in [5.74, 6) is 0.136. The van der Waals surface area contributed by atoms with Crippen LogP contribution in [0.15, 0.2) is 47.5 Å². The third-order valence-electron chi connectivity index (χ3n) is 5.38. The van der Waals surface area contributed by atoms with Crippen LogP contribution in [0.5, 0.6) is 0 Å². The molecule has 2 atom stereocenters. The van der Waals surface area contributed by atoms with E-state index in [1.165, 1.54) is 16.3 Å². The van der Waals surface area contributed by atoms with Gasteiger partial charge < -0.3 is 10.2 Å². The van der Waals surface area contributed by atoms with Gasteiger partial charge in [0.1, 0.15) is 6.04 Å². The van der Waals surface area contributed by atoms with Gasteiger partial charge in [0.15, 0.2) is 0 Å². The summed E-state index contributed by atoms with van der Waals surface area (Å²) in [4.78, 5) is 19.5. The van der Waals surface area contributed by atoms with Crippen molar-refractivity contribution < 1.29 is 4.79 Å². The van der Waals surface area contributed by atoms with Gasteiger partial charge in [-0.3, -0.25) is 9.79 Å². The molecule has 0 saturated carbocycles. The Morgan fingerprint density at radius 3 is 2.58 bits per heavy atom. The van der Waals surface area contributed by atoms with E-state index in [2.05, 4.69) is 65.5 Å². The summed E-state index contributed by atoms with van der Waals surface area (Å²) in [5, 5.41) is 5.51. The number of carbonyl (C=O) groups is 1. The molecule has 0 bridgehead atoms.